The maximum Gasteiger partial charge on any atom is 0.251 e. The molecule has 2 aliphatic heterocycles. The first-order valence-electron chi connectivity index (χ1n) is 10.6. The fourth-order valence-electron chi connectivity index (χ4n) is 4.00. The van der Waals surface area contributed by atoms with E-state index < -0.39 is 5.72 Å². The van der Waals surface area contributed by atoms with Crippen LogP contribution < -0.4 is 14.8 Å². The number of para-hydroxylation sites is 2. The maximum absolute atomic E-state index is 13.0. The van der Waals surface area contributed by atoms with E-state index in [1.54, 1.807) is 0 Å². The third kappa shape index (κ3) is 6.49. The van der Waals surface area contributed by atoms with Crippen molar-refractivity contribution in [3.05, 3.63) is 59.9 Å². The van der Waals surface area contributed by atoms with Crippen molar-refractivity contribution in [1.29, 1.82) is 0 Å². The minimum Gasteiger partial charge on any atom is -0.484 e. The fourth-order valence-corrected chi connectivity index (χ4v) is 4.00. The Kier molecular flexibility index (Phi) is 10.2. The molecule has 10 heteroatoms. The van der Waals surface area contributed by atoms with Crippen LogP contribution in [0.1, 0.15) is 16.8 Å². The van der Waals surface area contributed by atoms with E-state index >= 15 is 0 Å². The average molecular weight is 502 g/mol. The van der Waals surface area contributed by atoms with Crippen LogP contribution in [-0.2, 0) is 0 Å². The van der Waals surface area contributed by atoms with Gasteiger partial charge in [0.05, 0.1) is 0 Å². The second-order valence-electron chi connectivity index (χ2n) is 7.89. The molecule has 0 aliphatic carbocycles. The minimum absolute atomic E-state index is 0. The van der Waals surface area contributed by atoms with Gasteiger partial charge in [-0.15, -0.1) is 24.8 Å². The van der Waals surface area contributed by atoms with Crippen molar-refractivity contribution >= 4 is 30.7 Å². The molecule has 0 saturated carbocycles. The lowest BCUT2D eigenvalue weighted by atomic mass is 10.1. The van der Waals surface area contributed by atoms with Crippen molar-refractivity contribution in [2.75, 3.05) is 52.5 Å². The van der Waals surface area contributed by atoms with Crippen molar-refractivity contribution in [1.82, 2.24) is 15.1 Å². The molecule has 1 fully saturated rings. The first-order chi connectivity index (χ1) is 15.1. The standard InChI is InChI=1S/C23H28FN3O4.2ClH/c24-19-8-6-18(7-9-19)22(29)25-10-3-11-26-12-14-27(15-13-26)23(16-28)17-30-20-4-1-2-5-21(20)31-23;;/h1-2,4-9,28H,3,10-17H2,(H,25,29);2*1H. The van der Waals surface area contributed by atoms with Gasteiger partial charge in [-0.3, -0.25) is 9.69 Å². The zero-order valence-corrected chi connectivity index (χ0v) is 19.9. The third-order valence-corrected chi connectivity index (χ3v) is 5.84. The molecule has 2 aliphatic rings. The first-order valence-corrected chi connectivity index (χ1v) is 10.6. The van der Waals surface area contributed by atoms with Gasteiger partial charge in [0.1, 0.15) is 19.0 Å². The Morgan fingerprint density at radius 3 is 2.36 bits per heavy atom. The van der Waals surface area contributed by atoms with Gasteiger partial charge in [-0.05, 0) is 49.4 Å². The Hall–Kier alpha value is -2.10. The van der Waals surface area contributed by atoms with Crippen LogP contribution in [-0.4, -0.2) is 79.0 Å². The highest BCUT2D eigenvalue weighted by Gasteiger charge is 2.44. The number of aliphatic hydroxyl groups is 1. The number of ether oxygens (including phenoxy) is 2. The minimum atomic E-state index is -0.858. The molecule has 2 aromatic carbocycles. The van der Waals surface area contributed by atoms with Gasteiger partial charge < -0.3 is 24.8 Å². The highest BCUT2D eigenvalue weighted by atomic mass is 35.5. The van der Waals surface area contributed by atoms with Crippen molar-refractivity contribution in [3.8, 4) is 11.5 Å². The summed E-state index contributed by atoms with van der Waals surface area (Å²) in [4.78, 5) is 16.6. The number of fused-ring (bicyclic) bond motifs is 1. The number of piperazine rings is 1. The number of halogens is 3. The highest BCUT2D eigenvalue weighted by Crippen LogP contribution is 2.36. The largest absolute Gasteiger partial charge is 0.484 e. The Morgan fingerprint density at radius 2 is 1.70 bits per heavy atom. The van der Waals surface area contributed by atoms with Crippen LogP contribution in [0.5, 0.6) is 11.5 Å². The zero-order valence-electron chi connectivity index (χ0n) is 18.2. The molecular weight excluding hydrogens is 472 g/mol. The molecule has 2 N–H and O–H groups in total. The fraction of sp³-hybridized carbons (Fsp3) is 0.435. The number of amides is 1. The van der Waals surface area contributed by atoms with Crippen LogP contribution in [0, 0.1) is 5.82 Å². The van der Waals surface area contributed by atoms with E-state index in [9.17, 15) is 14.3 Å². The molecule has 7 nitrogen and oxygen atoms in total. The number of carbonyl (C=O) groups is 1. The lowest BCUT2D eigenvalue weighted by Gasteiger charge is -2.47. The zero-order chi connectivity index (χ0) is 21.7. The molecule has 0 bridgehead atoms. The van der Waals surface area contributed by atoms with E-state index in [1.807, 2.05) is 24.3 Å². The predicted molar refractivity (Wildman–Crippen MR) is 128 cm³/mol. The van der Waals surface area contributed by atoms with Gasteiger partial charge in [0.15, 0.2) is 11.5 Å². The number of hydrogen-bond acceptors (Lipinski definition) is 6. The van der Waals surface area contributed by atoms with Crippen molar-refractivity contribution < 1.29 is 23.8 Å². The van der Waals surface area contributed by atoms with Gasteiger partial charge in [0.25, 0.3) is 5.91 Å². The summed E-state index contributed by atoms with van der Waals surface area (Å²) in [6, 6.07) is 13.0. The normalized spacial score (nSPS) is 20.3. The van der Waals surface area contributed by atoms with E-state index in [-0.39, 0.29) is 49.8 Å². The topological polar surface area (TPSA) is 74.3 Å². The first kappa shape index (κ1) is 27.1. The summed E-state index contributed by atoms with van der Waals surface area (Å²) in [6.07, 6.45) is 0.824. The van der Waals surface area contributed by atoms with Gasteiger partial charge in [-0.2, -0.15) is 0 Å². The van der Waals surface area contributed by atoms with Gasteiger partial charge in [0.2, 0.25) is 5.72 Å². The molecule has 1 saturated heterocycles. The van der Waals surface area contributed by atoms with Crippen LogP contribution in [0.25, 0.3) is 0 Å². The molecule has 182 valence electrons. The maximum atomic E-state index is 13.0. The Balaban J connectivity index is 0.00000193. The van der Waals surface area contributed by atoms with Crippen LogP contribution >= 0.6 is 24.8 Å². The Bertz CT molecular complexity index is 898. The number of nitrogens with one attached hydrogen (secondary N) is 1. The van der Waals surface area contributed by atoms with E-state index in [4.69, 9.17) is 9.47 Å². The Morgan fingerprint density at radius 1 is 1.03 bits per heavy atom. The summed E-state index contributed by atoms with van der Waals surface area (Å²) in [5.74, 6) is 0.813. The van der Waals surface area contributed by atoms with E-state index in [0.29, 0.717) is 23.6 Å². The van der Waals surface area contributed by atoms with E-state index in [0.717, 1.165) is 39.1 Å². The molecule has 2 heterocycles. The van der Waals surface area contributed by atoms with Crippen molar-refractivity contribution in [2.45, 2.75) is 12.1 Å². The van der Waals surface area contributed by atoms with E-state index in [1.165, 1.54) is 24.3 Å². The second kappa shape index (κ2) is 12.4. The lowest BCUT2D eigenvalue weighted by molar-refractivity contribution is -0.163. The number of aliphatic hydroxyl groups excluding tert-OH is 1. The molecule has 4 rings (SSSR count). The molecule has 2 aromatic rings. The van der Waals surface area contributed by atoms with Crippen LogP contribution in [0.3, 0.4) is 0 Å². The molecule has 0 spiro atoms. The number of hydrogen-bond donors (Lipinski definition) is 2. The molecule has 0 aromatic heterocycles. The van der Waals surface area contributed by atoms with Crippen LogP contribution in [0.2, 0.25) is 0 Å². The smallest absolute Gasteiger partial charge is 0.251 e. The van der Waals surface area contributed by atoms with Gasteiger partial charge in [0, 0.05) is 38.3 Å². The Labute approximate surface area is 205 Å². The van der Waals surface area contributed by atoms with Gasteiger partial charge in [-0.1, -0.05) is 12.1 Å². The molecule has 1 unspecified atom stereocenters. The van der Waals surface area contributed by atoms with Crippen LogP contribution in [0.4, 0.5) is 4.39 Å². The summed E-state index contributed by atoms with van der Waals surface area (Å²) < 4.78 is 25.0. The number of rotatable bonds is 7. The SMILES string of the molecule is Cl.Cl.O=C(NCCCN1CCN(C2(CO)COc3ccccc3O2)CC1)c1ccc(F)cc1. The molecule has 1 atom stereocenters. The predicted octanol–water partition coefficient (Wildman–Crippen LogP) is 2.57. The summed E-state index contributed by atoms with van der Waals surface area (Å²) in [5, 5.41) is 13.0. The summed E-state index contributed by atoms with van der Waals surface area (Å²) in [5.41, 5.74) is -0.399. The average Bonchev–Trinajstić information content (AvgIpc) is 2.82. The third-order valence-electron chi connectivity index (χ3n) is 5.84. The van der Waals surface area contributed by atoms with E-state index in [2.05, 4.69) is 15.1 Å². The quantitative estimate of drug-likeness (QED) is 0.568. The highest BCUT2D eigenvalue weighted by molar-refractivity contribution is 5.94. The second-order valence-corrected chi connectivity index (χ2v) is 7.89. The molecular formula is C23H30Cl2FN3O4. The van der Waals surface area contributed by atoms with Gasteiger partial charge in [-0.25, -0.2) is 4.39 Å². The van der Waals surface area contributed by atoms with Crippen LogP contribution in [0.15, 0.2) is 48.5 Å². The number of benzene rings is 2. The monoisotopic (exact) mass is 501 g/mol. The summed E-state index contributed by atoms with van der Waals surface area (Å²) in [7, 11) is 0. The van der Waals surface area contributed by atoms with Crippen molar-refractivity contribution in [3.63, 3.8) is 0 Å². The molecule has 33 heavy (non-hydrogen) atoms. The molecule has 0 radical (unpaired) electrons. The van der Waals surface area contributed by atoms with Gasteiger partial charge >= 0.3 is 0 Å². The summed E-state index contributed by atoms with van der Waals surface area (Å²) in [6.45, 7) is 4.78. The molecule has 1 amide bonds. The number of nitrogens with zero attached hydrogens (tertiary/aromatic N) is 2. The lowest BCUT2D eigenvalue weighted by Crippen LogP contribution is -2.65. The summed E-state index contributed by atoms with van der Waals surface area (Å²) >= 11 is 0. The number of carbonyl (C=O) groups excluding carboxylic acids is 1. The van der Waals surface area contributed by atoms with Crippen molar-refractivity contribution in [2.24, 2.45) is 0 Å².